The number of anilines is 1. The van der Waals surface area contributed by atoms with Gasteiger partial charge >= 0.3 is 5.97 Å². The number of hydrogen-bond donors (Lipinski definition) is 1. The van der Waals surface area contributed by atoms with Crippen LogP contribution in [0.15, 0.2) is 41.8 Å². The van der Waals surface area contributed by atoms with Crippen molar-refractivity contribution in [2.75, 3.05) is 19.5 Å². The average molecular weight is 418 g/mol. The summed E-state index contributed by atoms with van der Waals surface area (Å²) in [4.78, 5) is 28.2. The summed E-state index contributed by atoms with van der Waals surface area (Å²) in [6.07, 6.45) is -0.114. The lowest BCUT2D eigenvalue weighted by Crippen LogP contribution is -2.17. The zero-order valence-corrected chi connectivity index (χ0v) is 16.3. The number of aromatic nitrogens is 1. The van der Waals surface area contributed by atoms with Crippen molar-refractivity contribution < 1.29 is 27.8 Å². The van der Waals surface area contributed by atoms with Crippen LogP contribution in [-0.2, 0) is 16.0 Å². The molecule has 150 valence electrons. The molecule has 0 unspecified atom stereocenters. The van der Waals surface area contributed by atoms with E-state index in [0.717, 1.165) is 29.5 Å². The quantitative estimate of drug-likeness (QED) is 0.611. The molecule has 1 heterocycles. The third-order valence-electron chi connectivity index (χ3n) is 3.97. The van der Waals surface area contributed by atoms with Gasteiger partial charge in [0.25, 0.3) is 0 Å². The molecule has 6 nitrogen and oxygen atoms in total. The number of methoxy groups -OCH3 is 2. The minimum atomic E-state index is -1.07. The Morgan fingerprint density at radius 1 is 1.10 bits per heavy atom. The smallest absolute Gasteiger partial charge is 0.340 e. The molecule has 0 fully saturated rings. The van der Waals surface area contributed by atoms with E-state index in [9.17, 15) is 18.4 Å². The van der Waals surface area contributed by atoms with Crippen LogP contribution < -0.4 is 10.1 Å². The average Bonchev–Trinajstić information content (AvgIpc) is 3.17. The molecule has 2 aromatic carbocycles. The van der Waals surface area contributed by atoms with Gasteiger partial charge in [-0.2, -0.15) is 0 Å². The number of ether oxygens (including phenoxy) is 2. The zero-order valence-electron chi connectivity index (χ0n) is 15.5. The molecular weight excluding hydrogens is 402 g/mol. The molecule has 0 aliphatic carbocycles. The molecule has 3 aromatic rings. The maximum absolute atomic E-state index is 14.0. The molecule has 9 heteroatoms. The summed E-state index contributed by atoms with van der Waals surface area (Å²) < 4.78 is 37.2. The summed E-state index contributed by atoms with van der Waals surface area (Å²) in [6.45, 7) is 0. The Balaban J connectivity index is 1.71. The Hall–Kier alpha value is -3.33. The van der Waals surface area contributed by atoms with Crippen LogP contribution in [0.5, 0.6) is 5.75 Å². The van der Waals surface area contributed by atoms with Crippen LogP contribution in [0.4, 0.5) is 14.5 Å². The summed E-state index contributed by atoms with van der Waals surface area (Å²) in [6, 6.07) is 8.73. The highest BCUT2D eigenvalue weighted by Crippen LogP contribution is 2.26. The topological polar surface area (TPSA) is 77.5 Å². The van der Waals surface area contributed by atoms with Crippen molar-refractivity contribution in [1.82, 2.24) is 4.98 Å². The second kappa shape index (κ2) is 8.78. The SMILES string of the molecule is COC(=O)c1cc(NC(=O)Cc2csc(-c3ccc(OC)cc3)n2)c(F)cc1F. The fourth-order valence-electron chi connectivity index (χ4n) is 2.52. The van der Waals surface area contributed by atoms with Crippen LogP contribution in [0.3, 0.4) is 0 Å². The maximum Gasteiger partial charge on any atom is 0.340 e. The van der Waals surface area contributed by atoms with E-state index in [4.69, 9.17) is 4.74 Å². The van der Waals surface area contributed by atoms with E-state index in [2.05, 4.69) is 15.0 Å². The van der Waals surface area contributed by atoms with Gasteiger partial charge in [-0.05, 0) is 30.3 Å². The number of thiazole rings is 1. The van der Waals surface area contributed by atoms with Gasteiger partial charge in [0, 0.05) is 17.0 Å². The van der Waals surface area contributed by atoms with Gasteiger partial charge in [-0.15, -0.1) is 11.3 Å². The minimum Gasteiger partial charge on any atom is -0.497 e. The predicted molar refractivity (Wildman–Crippen MR) is 104 cm³/mol. The van der Waals surface area contributed by atoms with Crippen LogP contribution in [0.1, 0.15) is 16.1 Å². The van der Waals surface area contributed by atoms with Crippen molar-refractivity contribution in [2.24, 2.45) is 0 Å². The first-order valence-electron chi connectivity index (χ1n) is 8.37. The molecule has 1 aromatic heterocycles. The van der Waals surface area contributed by atoms with Gasteiger partial charge in [-0.1, -0.05) is 0 Å². The highest BCUT2D eigenvalue weighted by molar-refractivity contribution is 7.13. The second-order valence-electron chi connectivity index (χ2n) is 5.90. The number of esters is 1. The molecule has 3 rings (SSSR count). The van der Waals surface area contributed by atoms with Crippen LogP contribution in [-0.4, -0.2) is 31.1 Å². The van der Waals surface area contributed by atoms with E-state index in [1.807, 2.05) is 12.1 Å². The van der Waals surface area contributed by atoms with Gasteiger partial charge in [0.2, 0.25) is 5.91 Å². The second-order valence-corrected chi connectivity index (χ2v) is 6.76. The van der Waals surface area contributed by atoms with E-state index >= 15 is 0 Å². The van der Waals surface area contributed by atoms with Crippen LogP contribution in [0.2, 0.25) is 0 Å². The van der Waals surface area contributed by atoms with Crippen LogP contribution >= 0.6 is 11.3 Å². The Morgan fingerprint density at radius 2 is 1.83 bits per heavy atom. The number of amides is 1. The van der Waals surface area contributed by atoms with Gasteiger partial charge in [-0.25, -0.2) is 18.6 Å². The molecule has 0 saturated heterocycles. The van der Waals surface area contributed by atoms with Gasteiger partial charge in [0.05, 0.1) is 37.6 Å². The molecule has 0 aliphatic heterocycles. The predicted octanol–water partition coefficient (Wildman–Crippen LogP) is 4.06. The molecule has 0 bridgehead atoms. The van der Waals surface area contributed by atoms with Crippen molar-refractivity contribution in [3.8, 4) is 16.3 Å². The van der Waals surface area contributed by atoms with E-state index in [1.54, 1.807) is 24.6 Å². The number of hydrogen-bond acceptors (Lipinski definition) is 6. The first-order chi connectivity index (χ1) is 13.9. The highest BCUT2D eigenvalue weighted by Gasteiger charge is 2.18. The monoisotopic (exact) mass is 418 g/mol. The van der Waals surface area contributed by atoms with Crippen molar-refractivity contribution in [3.05, 3.63) is 64.7 Å². The fraction of sp³-hybridized carbons (Fsp3) is 0.150. The lowest BCUT2D eigenvalue weighted by molar-refractivity contribution is -0.115. The lowest BCUT2D eigenvalue weighted by Gasteiger charge is -2.08. The number of nitrogens with zero attached hydrogens (tertiary/aromatic N) is 1. The summed E-state index contributed by atoms with van der Waals surface area (Å²) >= 11 is 1.36. The van der Waals surface area contributed by atoms with Gasteiger partial charge in [0.1, 0.15) is 22.4 Å². The first-order valence-corrected chi connectivity index (χ1v) is 9.25. The van der Waals surface area contributed by atoms with Gasteiger partial charge in [0.15, 0.2) is 0 Å². The fourth-order valence-corrected chi connectivity index (χ4v) is 3.35. The molecule has 29 heavy (non-hydrogen) atoms. The van der Waals surface area contributed by atoms with E-state index in [0.29, 0.717) is 11.8 Å². The van der Waals surface area contributed by atoms with Crippen molar-refractivity contribution in [2.45, 2.75) is 6.42 Å². The molecule has 1 amide bonds. The van der Waals surface area contributed by atoms with Crippen LogP contribution in [0.25, 0.3) is 10.6 Å². The Kier molecular flexibility index (Phi) is 6.18. The molecule has 0 aliphatic rings. The number of rotatable bonds is 6. The molecule has 0 atom stereocenters. The Morgan fingerprint density at radius 3 is 2.48 bits per heavy atom. The number of halogens is 2. The summed E-state index contributed by atoms with van der Waals surface area (Å²) in [5.74, 6) is -2.88. The molecule has 0 spiro atoms. The summed E-state index contributed by atoms with van der Waals surface area (Å²) in [5, 5.41) is 4.77. The van der Waals surface area contributed by atoms with Crippen LogP contribution in [0, 0.1) is 11.6 Å². The number of nitrogens with one attached hydrogen (secondary N) is 1. The highest BCUT2D eigenvalue weighted by atomic mass is 32.1. The largest absolute Gasteiger partial charge is 0.497 e. The third kappa shape index (κ3) is 4.75. The molecule has 1 N–H and O–H groups in total. The lowest BCUT2D eigenvalue weighted by atomic mass is 10.1. The minimum absolute atomic E-state index is 0.114. The summed E-state index contributed by atoms with van der Waals surface area (Å²) in [5.41, 5.74) is 0.575. The summed E-state index contributed by atoms with van der Waals surface area (Å²) in [7, 11) is 2.65. The zero-order chi connectivity index (χ0) is 21.0. The molecule has 0 saturated carbocycles. The van der Waals surface area contributed by atoms with E-state index in [-0.39, 0.29) is 12.1 Å². The molecular formula is C20H16F2N2O4S. The Labute approximate surface area is 169 Å². The normalized spacial score (nSPS) is 10.5. The Bertz CT molecular complexity index is 1050. The third-order valence-corrected chi connectivity index (χ3v) is 4.91. The van der Waals surface area contributed by atoms with Crippen molar-refractivity contribution in [1.29, 1.82) is 0 Å². The first kappa shape index (κ1) is 20.4. The van der Waals surface area contributed by atoms with E-state index < -0.39 is 29.1 Å². The van der Waals surface area contributed by atoms with Crippen molar-refractivity contribution in [3.63, 3.8) is 0 Å². The van der Waals surface area contributed by atoms with E-state index in [1.165, 1.54) is 11.3 Å². The van der Waals surface area contributed by atoms with Gasteiger partial charge in [-0.3, -0.25) is 4.79 Å². The maximum atomic E-state index is 14.0. The van der Waals surface area contributed by atoms with Gasteiger partial charge < -0.3 is 14.8 Å². The van der Waals surface area contributed by atoms with Crippen molar-refractivity contribution >= 4 is 28.9 Å². The molecule has 0 radical (unpaired) electrons. The number of carbonyl (C=O) groups excluding carboxylic acids is 2. The number of carbonyl (C=O) groups is 2. The number of benzene rings is 2. The standard InChI is InChI=1S/C20H16F2N2O4S/c1-27-13-5-3-11(4-6-13)19-23-12(10-29-19)7-18(25)24-17-8-14(20(26)28-2)15(21)9-16(17)22/h3-6,8-10H,7H2,1-2H3,(H,24,25).